The van der Waals surface area contributed by atoms with Crippen LogP contribution >= 0.6 is 0 Å². The lowest BCUT2D eigenvalue weighted by Gasteiger charge is -2.28. The first kappa shape index (κ1) is 12.3. The lowest BCUT2D eigenvalue weighted by Crippen LogP contribution is -2.43. The van der Waals surface area contributed by atoms with Gasteiger partial charge in [0.25, 0.3) is 0 Å². The van der Waals surface area contributed by atoms with Gasteiger partial charge in [0, 0.05) is 38.8 Å². The number of morpholine rings is 1. The Hall–Kier alpha value is -0.160. The van der Waals surface area contributed by atoms with Crippen molar-refractivity contribution < 1.29 is 9.84 Å². The minimum absolute atomic E-state index is 0.342. The maximum absolute atomic E-state index is 9.22. The fraction of sp³-hybridized carbons (Fsp3) is 1.00. The van der Waals surface area contributed by atoms with Gasteiger partial charge in [0.15, 0.2) is 0 Å². The number of aliphatic hydroxyl groups is 1. The highest BCUT2D eigenvalue weighted by Gasteiger charge is 2.25. The molecule has 2 N–H and O–H groups in total. The molecule has 1 heterocycles. The van der Waals surface area contributed by atoms with Gasteiger partial charge in [-0.2, -0.15) is 0 Å². The molecule has 16 heavy (non-hydrogen) atoms. The average molecular weight is 228 g/mol. The standard InChI is InChI=1S/C12H24N2O2/c15-10-11-2-1-3-12(11)13-4-5-14-6-8-16-9-7-14/h11-13,15H,1-10H2. The number of nitrogens with one attached hydrogen (secondary N) is 1. The van der Waals surface area contributed by atoms with E-state index in [-0.39, 0.29) is 0 Å². The van der Waals surface area contributed by atoms with E-state index in [2.05, 4.69) is 10.2 Å². The van der Waals surface area contributed by atoms with Crippen molar-refractivity contribution in [1.82, 2.24) is 10.2 Å². The molecule has 0 spiro atoms. The zero-order chi connectivity index (χ0) is 11.2. The molecule has 2 fully saturated rings. The van der Waals surface area contributed by atoms with Crippen LogP contribution in [-0.2, 0) is 4.74 Å². The van der Waals surface area contributed by atoms with Crippen molar-refractivity contribution in [2.24, 2.45) is 5.92 Å². The van der Waals surface area contributed by atoms with Crippen molar-refractivity contribution in [2.75, 3.05) is 46.0 Å². The predicted molar refractivity (Wildman–Crippen MR) is 63.5 cm³/mol. The van der Waals surface area contributed by atoms with Gasteiger partial charge in [0.1, 0.15) is 0 Å². The highest BCUT2D eigenvalue weighted by atomic mass is 16.5. The highest BCUT2D eigenvalue weighted by molar-refractivity contribution is 4.82. The summed E-state index contributed by atoms with van der Waals surface area (Å²) in [6.45, 7) is 6.38. The van der Waals surface area contributed by atoms with Crippen molar-refractivity contribution in [1.29, 1.82) is 0 Å². The smallest absolute Gasteiger partial charge is 0.0594 e. The number of ether oxygens (including phenoxy) is 1. The Morgan fingerprint density at radius 1 is 1.25 bits per heavy atom. The van der Waals surface area contributed by atoms with E-state index < -0.39 is 0 Å². The minimum Gasteiger partial charge on any atom is -0.396 e. The van der Waals surface area contributed by atoms with Crippen molar-refractivity contribution >= 4 is 0 Å². The zero-order valence-corrected chi connectivity index (χ0v) is 10.0. The van der Waals surface area contributed by atoms with Crippen LogP contribution in [0.15, 0.2) is 0 Å². The molecular formula is C12H24N2O2. The van der Waals surface area contributed by atoms with Gasteiger partial charge in [-0.15, -0.1) is 0 Å². The van der Waals surface area contributed by atoms with Crippen LogP contribution in [0.4, 0.5) is 0 Å². The van der Waals surface area contributed by atoms with E-state index in [0.717, 1.165) is 39.4 Å². The summed E-state index contributed by atoms with van der Waals surface area (Å²) >= 11 is 0. The topological polar surface area (TPSA) is 44.7 Å². The van der Waals surface area contributed by atoms with Crippen LogP contribution in [-0.4, -0.2) is 62.0 Å². The number of hydrogen-bond donors (Lipinski definition) is 2. The highest BCUT2D eigenvalue weighted by Crippen LogP contribution is 2.24. The Bertz CT molecular complexity index is 195. The number of rotatable bonds is 5. The molecule has 1 saturated carbocycles. The van der Waals surface area contributed by atoms with Gasteiger partial charge >= 0.3 is 0 Å². The lowest BCUT2D eigenvalue weighted by molar-refractivity contribution is 0.0378. The molecule has 2 atom stereocenters. The van der Waals surface area contributed by atoms with Gasteiger partial charge in [-0.05, 0) is 18.8 Å². The predicted octanol–water partition coefficient (Wildman–Crippen LogP) is 0.0692. The third-order valence-electron chi connectivity index (χ3n) is 3.83. The fourth-order valence-corrected chi connectivity index (χ4v) is 2.76. The zero-order valence-electron chi connectivity index (χ0n) is 10.0. The summed E-state index contributed by atoms with van der Waals surface area (Å²) in [5.74, 6) is 0.490. The number of hydrogen-bond acceptors (Lipinski definition) is 4. The van der Waals surface area contributed by atoms with Gasteiger partial charge in [-0.25, -0.2) is 0 Å². The van der Waals surface area contributed by atoms with Crippen molar-refractivity contribution in [3.63, 3.8) is 0 Å². The first-order chi connectivity index (χ1) is 7.90. The van der Waals surface area contributed by atoms with E-state index >= 15 is 0 Å². The first-order valence-corrected chi connectivity index (χ1v) is 6.54. The third-order valence-corrected chi connectivity index (χ3v) is 3.83. The summed E-state index contributed by atoms with van der Waals surface area (Å²) < 4.78 is 5.32. The maximum atomic E-state index is 9.22. The minimum atomic E-state index is 0.342. The summed E-state index contributed by atoms with van der Waals surface area (Å²) in [5, 5.41) is 12.8. The van der Waals surface area contributed by atoms with Crippen LogP contribution in [0.25, 0.3) is 0 Å². The average Bonchev–Trinajstić information content (AvgIpc) is 2.78. The molecule has 1 saturated heterocycles. The molecule has 4 nitrogen and oxygen atoms in total. The monoisotopic (exact) mass is 228 g/mol. The van der Waals surface area contributed by atoms with Gasteiger partial charge in [-0.1, -0.05) is 6.42 Å². The SMILES string of the molecule is OCC1CCCC1NCCN1CCOCC1. The molecule has 4 heteroatoms. The summed E-state index contributed by atoms with van der Waals surface area (Å²) in [7, 11) is 0. The number of aliphatic hydroxyl groups excluding tert-OH is 1. The summed E-state index contributed by atoms with van der Waals surface area (Å²) in [6.07, 6.45) is 3.68. The fourth-order valence-electron chi connectivity index (χ4n) is 2.76. The van der Waals surface area contributed by atoms with Crippen molar-refractivity contribution in [3.05, 3.63) is 0 Å². The quantitative estimate of drug-likeness (QED) is 0.699. The molecule has 94 valence electrons. The summed E-state index contributed by atoms with van der Waals surface area (Å²) in [6, 6.07) is 0.547. The Morgan fingerprint density at radius 3 is 2.81 bits per heavy atom. The van der Waals surface area contributed by atoms with E-state index in [4.69, 9.17) is 4.74 Å². The summed E-state index contributed by atoms with van der Waals surface area (Å²) in [5.41, 5.74) is 0. The Balaban J connectivity index is 1.59. The molecular weight excluding hydrogens is 204 g/mol. The Kier molecular flexibility index (Phi) is 5.03. The third kappa shape index (κ3) is 3.42. The second-order valence-corrected chi connectivity index (χ2v) is 4.89. The molecule has 0 amide bonds. The molecule has 1 aliphatic heterocycles. The van der Waals surface area contributed by atoms with E-state index in [1.165, 1.54) is 19.3 Å². The molecule has 0 aromatic carbocycles. The molecule has 2 rings (SSSR count). The number of nitrogens with zero attached hydrogens (tertiary/aromatic N) is 1. The van der Waals surface area contributed by atoms with Crippen LogP contribution in [0.5, 0.6) is 0 Å². The maximum Gasteiger partial charge on any atom is 0.0594 e. The largest absolute Gasteiger partial charge is 0.396 e. The van der Waals surface area contributed by atoms with E-state index in [1.54, 1.807) is 0 Å². The van der Waals surface area contributed by atoms with E-state index in [1.807, 2.05) is 0 Å². The van der Waals surface area contributed by atoms with Crippen molar-refractivity contribution in [2.45, 2.75) is 25.3 Å². The van der Waals surface area contributed by atoms with Crippen LogP contribution < -0.4 is 5.32 Å². The van der Waals surface area contributed by atoms with Gasteiger partial charge in [0.05, 0.1) is 13.2 Å². The molecule has 0 bridgehead atoms. The van der Waals surface area contributed by atoms with Crippen LogP contribution in [0.1, 0.15) is 19.3 Å². The van der Waals surface area contributed by atoms with Gasteiger partial charge in [0.2, 0.25) is 0 Å². The Labute approximate surface area is 98.0 Å². The van der Waals surface area contributed by atoms with E-state index in [0.29, 0.717) is 18.6 Å². The lowest BCUT2D eigenvalue weighted by atomic mass is 10.1. The summed E-state index contributed by atoms with van der Waals surface area (Å²) in [4.78, 5) is 2.44. The molecule has 1 aliphatic carbocycles. The van der Waals surface area contributed by atoms with Crippen LogP contribution in [0, 0.1) is 5.92 Å². The molecule has 0 radical (unpaired) electrons. The van der Waals surface area contributed by atoms with Crippen molar-refractivity contribution in [3.8, 4) is 0 Å². The molecule has 0 aromatic heterocycles. The normalized spacial score (nSPS) is 32.1. The van der Waals surface area contributed by atoms with Crippen LogP contribution in [0.2, 0.25) is 0 Å². The first-order valence-electron chi connectivity index (χ1n) is 6.54. The Morgan fingerprint density at radius 2 is 2.06 bits per heavy atom. The van der Waals surface area contributed by atoms with Gasteiger partial charge < -0.3 is 15.2 Å². The molecule has 0 aromatic rings. The van der Waals surface area contributed by atoms with E-state index in [9.17, 15) is 5.11 Å². The molecule has 2 unspecified atom stereocenters. The molecule has 2 aliphatic rings. The van der Waals surface area contributed by atoms with Gasteiger partial charge in [-0.3, -0.25) is 4.90 Å². The second kappa shape index (κ2) is 6.55. The van der Waals surface area contributed by atoms with Crippen LogP contribution in [0.3, 0.4) is 0 Å². The second-order valence-electron chi connectivity index (χ2n) is 4.89.